The van der Waals surface area contributed by atoms with E-state index in [4.69, 9.17) is 0 Å². The average molecular weight is 317 g/mol. The van der Waals surface area contributed by atoms with E-state index in [1.54, 1.807) is 12.1 Å². The summed E-state index contributed by atoms with van der Waals surface area (Å²) < 4.78 is 38.4. The highest BCUT2D eigenvalue weighted by molar-refractivity contribution is 5.59. The van der Waals surface area contributed by atoms with Crippen molar-refractivity contribution in [2.24, 2.45) is 0 Å². The maximum Gasteiger partial charge on any atom is 0.416 e. The number of halogens is 3. The van der Waals surface area contributed by atoms with Gasteiger partial charge in [0, 0.05) is 12.2 Å². The molecule has 1 atom stereocenters. The Hall–Kier alpha value is -2.23. The molecule has 0 aromatic heterocycles. The summed E-state index contributed by atoms with van der Waals surface area (Å²) in [4.78, 5) is 2.17. The van der Waals surface area contributed by atoms with Gasteiger partial charge in [0.1, 0.15) is 0 Å². The SMILES string of the molecule is CC(C)N1C=Cc2ccccc2C1c1ccc(C(F)(F)F)cc1. The third kappa shape index (κ3) is 2.98. The summed E-state index contributed by atoms with van der Waals surface area (Å²) in [5.74, 6) is 0. The van der Waals surface area contributed by atoms with Crippen LogP contribution in [0.25, 0.3) is 6.08 Å². The predicted molar refractivity (Wildman–Crippen MR) is 85.7 cm³/mol. The van der Waals surface area contributed by atoms with E-state index in [1.807, 2.05) is 30.5 Å². The Bertz CT molecular complexity index is 714. The standard InChI is InChI=1S/C19H18F3N/c1-13(2)23-12-11-14-5-3-4-6-17(14)18(23)15-7-9-16(10-8-15)19(20,21)22/h3-13,18H,1-2H3. The molecule has 0 spiro atoms. The first-order chi connectivity index (χ1) is 10.9. The predicted octanol–water partition coefficient (Wildman–Crippen LogP) is 5.49. The van der Waals surface area contributed by atoms with Crippen LogP contribution in [0, 0.1) is 0 Å². The largest absolute Gasteiger partial charge is 0.416 e. The molecule has 0 radical (unpaired) electrons. The van der Waals surface area contributed by atoms with Crippen LogP contribution in [0.15, 0.2) is 54.7 Å². The molecule has 120 valence electrons. The Morgan fingerprint density at radius 2 is 1.61 bits per heavy atom. The van der Waals surface area contributed by atoms with Crippen LogP contribution in [0.5, 0.6) is 0 Å². The Labute approximate surface area is 134 Å². The molecule has 1 unspecified atom stereocenters. The number of benzene rings is 2. The Kier molecular flexibility index (Phi) is 3.92. The molecule has 1 nitrogen and oxygen atoms in total. The second-order valence-electron chi connectivity index (χ2n) is 6.01. The molecular formula is C19H18F3N. The molecule has 0 saturated heterocycles. The molecule has 0 bridgehead atoms. The van der Waals surface area contributed by atoms with E-state index in [2.05, 4.69) is 24.8 Å². The number of hydrogen-bond acceptors (Lipinski definition) is 1. The van der Waals surface area contributed by atoms with Crippen molar-refractivity contribution in [1.29, 1.82) is 0 Å². The van der Waals surface area contributed by atoms with Crippen LogP contribution in [-0.4, -0.2) is 10.9 Å². The second-order valence-corrected chi connectivity index (χ2v) is 6.01. The molecule has 4 heteroatoms. The van der Waals surface area contributed by atoms with Gasteiger partial charge in [-0.2, -0.15) is 13.2 Å². The lowest BCUT2D eigenvalue weighted by molar-refractivity contribution is -0.137. The van der Waals surface area contributed by atoms with E-state index in [0.29, 0.717) is 0 Å². The number of alkyl halides is 3. The van der Waals surface area contributed by atoms with Gasteiger partial charge in [0.05, 0.1) is 11.6 Å². The summed E-state index contributed by atoms with van der Waals surface area (Å²) in [5, 5.41) is 0. The van der Waals surface area contributed by atoms with Gasteiger partial charge >= 0.3 is 6.18 Å². The first kappa shape index (κ1) is 15.7. The van der Waals surface area contributed by atoms with Gasteiger partial charge in [-0.1, -0.05) is 36.4 Å². The van der Waals surface area contributed by atoms with Crippen molar-refractivity contribution >= 4 is 6.08 Å². The number of fused-ring (bicyclic) bond motifs is 1. The molecule has 0 N–H and O–H groups in total. The van der Waals surface area contributed by atoms with Crippen LogP contribution in [-0.2, 0) is 6.18 Å². The van der Waals surface area contributed by atoms with E-state index >= 15 is 0 Å². The second kappa shape index (κ2) is 5.76. The summed E-state index contributed by atoms with van der Waals surface area (Å²) in [6.45, 7) is 4.16. The summed E-state index contributed by atoms with van der Waals surface area (Å²) in [5.41, 5.74) is 2.47. The van der Waals surface area contributed by atoms with Crippen molar-refractivity contribution in [3.63, 3.8) is 0 Å². The summed E-state index contributed by atoms with van der Waals surface area (Å²) >= 11 is 0. The Balaban J connectivity index is 2.06. The molecule has 0 fully saturated rings. The van der Waals surface area contributed by atoms with Gasteiger partial charge in [-0.15, -0.1) is 0 Å². The van der Waals surface area contributed by atoms with Gasteiger partial charge in [-0.25, -0.2) is 0 Å². The quantitative estimate of drug-likeness (QED) is 0.708. The minimum atomic E-state index is -4.30. The van der Waals surface area contributed by atoms with Crippen LogP contribution in [0.2, 0.25) is 0 Å². The van der Waals surface area contributed by atoms with Crippen LogP contribution < -0.4 is 0 Å². The molecular weight excluding hydrogens is 299 g/mol. The zero-order valence-electron chi connectivity index (χ0n) is 13.0. The Morgan fingerprint density at radius 1 is 0.957 bits per heavy atom. The van der Waals surface area contributed by atoms with Gasteiger partial charge < -0.3 is 4.90 Å². The van der Waals surface area contributed by atoms with Crippen molar-refractivity contribution in [3.8, 4) is 0 Å². The third-order valence-electron chi connectivity index (χ3n) is 4.17. The Morgan fingerprint density at radius 3 is 2.22 bits per heavy atom. The van der Waals surface area contributed by atoms with E-state index in [9.17, 15) is 13.2 Å². The van der Waals surface area contributed by atoms with Gasteiger partial charge in [-0.05, 0) is 48.7 Å². The number of hydrogen-bond donors (Lipinski definition) is 0. The van der Waals surface area contributed by atoms with Crippen LogP contribution in [0.4, 0.5) is 13.2 Å². The van der Waals surface area contributed by atoms with Crippen LogP contribution >= 0.6 is 0 Å². The van der Waals surface area contributed by atoms with E-state index in [0.717, 1.165) is 28.8 Å². The average Bonchev–Trinajstić information content (AvgIpc) is 2.53. The van der Waals surface area contributed by atoms with Crippen molar-refractivity contribution in [1.82, 2.24) is 4.90 Å². The van der Waals surface area contributed by atoms with Crippen LogP contribution in [0.3, 0.4) is 0 Å². The topological polar surface area (TPSA) is 3.24 Å². The minimum Gasteiger partial charge on any atom is -0.364 e. The fourth-order valence-electron chi connectivity index (χ4n) is 3.00. The van der Waals surface area contributed by atoms with Crippen molar-refractivity contribution in [3.05, 3.63) is 77.0 Å². The molecule has 0 saturated carbocycles. The zero-order chi connectivity index (χ0) is 16.6. The molecule has 1 heterocycles. The highest BCUT2D eigenvalue weighted by Crippen LogP contribution is 2.38. The number of nitrogens with zero attached hydrogens (tertiary/aromatic N) is 1. The van der Waals surface area contributed by atoms with Gasteiger partial charge in [0.2, 0.25) is 0 Å². The van der Waals surface area contributed by atoms with Gasteiger partial charge in [-0.3, -0.25) is 0 Å². The van der Waals surface area contributed by atoms with Crippen molar-refractivity contribution in [2.45, 2.75) is 32.1 Å². The molecule has 23 heavy (non-hydrogen) atoms. The van der Waals surface area contributed by atoms with Crippen molar-refractivity contribution < 1.29 is 13.2 Å². The lowest BCUT2D eigenvalue weighted by Crippen LogP contribution is -2.33. The fourth-order valence-corrected chi connectivity index (χ4v) is 3.00. The molecule has 1 aliphatic rings. The molecule has 0 aliphatic carbocycles. The van der Waals surface area contributed by atoms with E-state index in [-0.39, 0.29) is 12.1 Å². The third-order valence-corrected chi connectivity index (χ3v) is 4.17. The van der Waals surface area contributed by atoms with Crippen LogP contribution in [0.1, 0.15) is 42.1 Å². The van der Waals surface area contributed by atoms with E-state index < -0.39 is 11.7 Å². The number of rotatable bonds is 2. The van der Waals surface area contributed by atoms with Gasteiger partial charge in [0.25, 0.3) is 0 Å². The van der Waals surface area contributed by atoms with Gasteiger partial charge in [0.15, 0.2) is 0 Å². The highest BCUT2D eigenvalue weighted by atomic mass is 19.4. The lowest BCUT2D eigenvalue weighted by atomic mass is 9.89. The summed E-state index contributed by atoms with van der Waals surface area (Å²) in [6.07, 6.45) is -0.230. The first-order valence-electron chi connectivity index (χ1n) is 7.59. The zero-order valence-corrected chi connectivity index (χ0v) is 13.0. The molecule has 2 aromatic carbocycles. The van der Waals surface area contributed by atoms with E-state index in [1.165, 1.54) is 0 Å². The highest BCUT2D eigenvalue weighted by Gasteiger charge is 2.31. The normalized spacial score (nSPS) is 17.5. The summed E-state index contributed by atoms with van der Waals surface area (Å²) in [7, 11) is 0. The first-order valence-corrected chi connectivity index (χ1v) is 7.59. The molecule has 2 aromatic rings. The maximum atomic E-state index is 12.8. The molecule has 3 rings (SSSR count). The monoisotopic (exact) mass is 317 g/mol. The maximum absolute atomic E-state index is 12.8. The molecule has 1 aliphatic heterocycles. The summed E-state index contributed by atoms with van der Waals surface area (Å²) in [6, 6.07) is 13.7. The van der Waals surface area contributed by atoms with Crippen molar-refractivity contribution in [2.75, 3.05) is 0 Å². The fraction of sp³-hybridized carbons (Fsp3) is 0.263. The molecule has 0 amide bonds. The minimum absolute atomic E-state index is 0.0708. The smallest absolute Gasteiger partial charge is 0.364 e. The lowest BCUT2D eigenvalue weighted by Gasteiger charge is -2.38.